The van der Waals surface area contributed by atoms with Crippen molar-refractivity contribution in [3.63, 3.8) is 0 Å². The van der Waals surface area contributed by atoms with Crippen molar-refractivity contribution in [2.75, 3.05) is 6.54 Å². The molecule has 0 aromatic rings. The Bertz CT molecular complexity index is 210. The summed E-state index contributed by atoms with van der Waals surface area (Å²) in [6.07, 6.45) is 0. The summed E-state index contributed by atoms with van der Waals surface area (Å²) in [5.74, 6) is -0.995. The molecule has 0 bridgehead atoms. The summed E-state index contributed by atoms with van der Waals surface area (Å²) >= 11 is 0. The van der Waals surface area contributed by atoms with Gasteiger partial charge in [0.1, 0.15) is 6.04 Å². The topological polar surface area (TPSA) is 66.4 Å². The van der Waals surface area contributed by atoms with Gasteiger partial charge in [-0.15, -0.1) is 0 Å². The summed E-state index contributed by atoms with van der Waals surface area (Å²) in [7, 11) is 0. The molecule has 0 aromatic carbocycles. The van der Waals surface area contributed by atoms with Gasteiger partial charge in [-0.2, -0.15) is 0 Å². The summed E-state index contributed by atoms with van der Waals surface area (Å²) in [4.78, 5) is 21.6. The van der Waals surface area contributed by atoms with Crippen LogP contribution < -0.4 is 5.32 Å². The number of Topliss-reactive ketones (excluding diaryl/α,β-unsaturated/α-hetero) is 1. The quantitative estimate of drug-likeness (QED) is 0.545. The maximum atomic E-state index is 11.1. The number of hydrogen-bond donors (Lipinski definition) is 2. The van der Waals surface area contributed by atoms with Crippen molar-refractivity contribution in [1.82, 2.24) is 5.32 Å². The first-order valence-electron chi connectivity index (χ1n) is 3.45. The third kappa shape index (κ3) is 1.14. The first-order chi connectivity index (χ1) is 4.96. The zero-order chi connectivity index (χ0) is 8.65. The Balaban J connectivity index is 2.87. The molecule has 1 rings (SSSR count). The third-order valence-electron chi connectivity index (χ3n) is 2.15. The Kier molecular flexibility index (Phi) is 1.72. The van der Waals surface area contributed by atoms with Gasteiger partial charge in [-0.3, -0.25) is 14.9 Å². The van der Waals surface area contributed by atoms with Gasteiger partial charge in [0, 0.05) is 0 Å². The molecular formula is C7H11NO3. The number of aliphatic carboxylic acids is 1. The van der Waals surface area contributed by atoms with Gasteiger partial charge in [-0.25, -0.2) is 0 Å². The molecule has 0 aliphatic carbocycles. The Labute approximate surface area is 64.6 Å². The molecule has 0 saturated carbocycles. The molecule has 4 heteroatoms. The Morgan fingerprint density at radius 1 is 1.73 bits per heavy atom. The summed E-state index contributed by atoms with van der Waals surface area (Å²) in [5.41, 5.74) is -0.758. The molecule has 0 amide bonds. The van der Waals surface area contributed by atoms with E-state index in [0.29, 0.717) is 0 Å². The molecule has 1 saturated heterocycles. The average molecular weight is 157 g/mol. The molecule has 62 valence electrons. The van der Waals surface area contributed by atoms with Crippen molar-refractivity contribution in [1.29, 1.82) is 0 Å². The highest BCUT2D eigenvalue weighted by Gasteiger charge is 2.45. The maximum Gasteiger partial charge on any atom is 0.321 e. The van der Waals surface area contributed by atoms with Crippen molar-refractivity contribution in [2.24, 2.45) is 5.41 Å². The third-order valence-corrected chi connectivity index (χ3v) is 2.15. The lowest BCUT2D eigenvalue weighted by Gasteiger charge is -2.20. The van der Waals surface area contributed by atoms with Crippen LogP contribution in [0.5, 0.6) is 0 Å². The van der Waals surface area contributed by atoms with Crippen molar-refractivity contribution in [2.45, 2.75) is 19.9 Å². The highest BCUT2D eigenvalue weighted by molar-refractivity contribution is 5.95. The van der Waals surface area contributed by atoms with Gasteiger partial charge in [0.2, 0.25) is 0 Å². The molecule has 0 radical (unpaired) electrons. The van der Waals surface area contributed by atoms with Crippen molar-refractivity contribution in [3.05, 3.63) is 0 Å². The first kappa shape index (κ1) is 8.20. The van der Waals surface area contributed by atoms with E-state index in [4.69, 9.17) is 5.11 Å². The predicted molar refractivity (Wildman–Crippen MR) is 38.2 cm³/mol. The summed E-state index contributed by atoms with van der Waals surface area (Å²) in [6.45, 7) is 3.46. The molecular weight excluding hydrogens is 146 g/mol. The number of ketones is 1. The van der Waals surface area contributed by atoms with Gasteiger partial charge in [-0.1, -0.05) is 13.8 Å². The zero-order valence-corrected chi connectivity index (χ0v) is 6.55. The van der Waals surface area contributed by atoms with Crippen LogP contribution in [0, 0.1) is 5.41 Å². The fourth-order valence-electron chi connectivity index (χ4n) is 1.23. The van der Waals surface area contributed by atoms with Gasteiger partial charge >= 0.3 is 5.97 Å². The number of hydrogen-bond acceptors (Lipinski definition) is 3. The molecule has 4 nitrogen and oxygen atoms in total. The largest absolute Gasteiger partial charge is 0.480 e. The van der Waals surface area contributed by atoms with Crippen molar-refractivity contribution < 1.29 is 14.7 Å². The van der Waals surface area contributed by atoms with Gasteiger partial charge in [0.25, 0.3) is 0 Å². The van der Waals surface area contributed by atoms with Crippen LogP contribution in [0.2, 0.25) is 0 Å². The fourth-order valence-corrected chi connectivity index (χ4v) is 1.23. The van der Waals surface area contributed by atoms with Crippen LogP contribution in [0.25, 0.3) is 0 Å². The fraction of sp³-hybridized carbons (Fsp3) is 0.714. The summed E-state index contributed by atoms with van der Waals surface area (Å²) in [5, 5.41) is 11.3. The molecule has 1 atom stereocenters. The number of rotatable bonds is 1. The van der Waals surface area contributed by atoms with E-state index in [9.17, 15) is 9.59 Å². The lowest BCUT2D eigenvalue weighted by molar-refractivity contribution is -0.143. The highest BCUT2D eigenvalue weighted by Crippen LogP contribution is 2.26. The second kappa shape index (κ2) is 2.30. The normalized spacial score (nSPS) is 28.9. The van der Waals surface area contributed by atoms with E-state index in [0.717, 1.165) is 0 Å². The van der Waals surface area contributed by atoms with Crippen LogP contribution in [-0.4, -0.2) is 29.4 Å². The molecule has 0 aromatic heterocycles. The molecule has 0 spiro atoms. The van der Waals surface area contributed by atoms with Gasteiger partial charge < -0.3 is 5.11 Å². The second-order valence-electron chi connectivity index (χ2n) is 3.30. The second-order valence-corrected chi connectivity index (χ2v) is 3.30. The highest BCUT2D eigenvalue weighted by atomic mass is 16.4. The lowest BCUT2D eigenvalue weighted by atomic mass is 9.84. The van der Waals surface area contributed by atoms with Gasteiger partial charge in [0.05, 0.1) is 12.0 Å². The maximum absolute atomic E-state index is 11.1. The molecule has 1 aliphatic heterocycles. The van der Waals surface area contributed by atoms with Gasteiger partial charge in [-0.05, 0) is 0 Å². The number of nitrogens with one attached hydrogen (secondary N) is 1. The molecule has 11 heavy (non-hydrogen) atoms. The Morgan fingerprint density at radius 3 is 2.45 bits per heavy atom. The zero-order valence-electron chi connectivity index (χ0n) is 6.55. The van der Waals surface area contributed by atoms with E-state index in [-0.39, 0.29) is 12.3 Å². The predicted octanol–water partition coefficient (Wildman–Crippen LogP) is -0.362. The number of carbonyl (C=O) groups is 2. The van der Waals surface area contributed by atoms with Crippen LogP contribution in [0.15, 0.2) is 0 Å². The van der Waals surface area contributed by atoms with Crippen LogP contribution in [0.1, 0.15) is 13.8 Å². The van der Waals surface area contributed by atoms with Crippen LogP contribution in [0.3, 0.4) is 0 Å². The van der Waals surface area contributed by atoms with E-state index in [2.05, 4.69) is 5.32 Å². The minimum absolute atomic E-state index is 0.0371. The minimum atomic E-state index is -0.958. The first-order valence-corrected chi connectivity index (χ1v) is 3.45. The summed E-state index contributed by atoms with van der Waals surface area (Å²) in [6, 6.07) is -0.727. The smallest absolute Gasteiger partial charge is 0.321 e. The SMILES string of the molecule is CC1(C)C(=O)CNC1C(=O)O. The van der Waals surface area contributed by atoms with E-state index in [1.165, 1.54) is 0 Å². The van der Waals surface area contributed by atoms with Crippen molar-refractivity contribution in [3.8, 4) is 0 Å². The lowest BCUT2D eigenvalue weighted by Crippen LogP contribution is -2.41. The van der Waals surface area contributed by atoms with Crippen LogP contribution in [0.4, 0.5) is 0 Å². The monoisotopic (exact) mass is 157 g/mol. The van der Waals surface area contributed by atoms with E-state index < -0.39 is 17.4 Å². The summed E-state index contributed by atoms with van der Waals surface area (Å²) < 4.78 is 0. The molecule has 1 heterocycles. The number of carbonyl (C=O) groups excluding carboxylic acids is 1. The van der Waals surface area contributed by atoms with Crippen LogP contribution >= 0.6 is 0 Å². The molecule has 1 fully saturated rings. The number of carboxylic acid groups (broad SMARTS) is 1. The minimum Gasteiger partial charge on any atom is -0.480 e. The van der Waals surface area contributed by atoms with Gasteiger partial charge in [0.15, 0.2) is 5.78 Å². The van der Waals surface area contributed by atoms with Crippen LogP contribution in [-0.2, 0) is 9.59 Å². The standard InChI is InChI=1S/C7H11NO3/c1-7(2)4(9)3-8-5(7)6(10)11/h5,8H,3H2,1-2H3,(H,10,11). The Hall–Kier alpha value is -0.900. The molecule has 1 aliphatic rings. The molecule has 2 N–H and O–H groups in total. The molecule has 1 unspecified atom stereocenters. The average Bonchev–Trinajstić information content (AvgIpc) is 2.08. The van der Waals surface area contributed by atoms with E-state index in [1.807, 2.05) is 0 Å². The van der Waals surface area contributed by atoms with E-state index in [1.54, 1.807) is 13.8 Å². The number of carboxylic acids is 1. The Morgan fingerprint density at radius 2 is 2.27 bits per heavy atom. The van der Waals surface area contributed by atoms with Crippen molar-refractivity contribution >= 4 is 11.8 Å². The van der Waals surface area contributed by atoms with E-state index >= 15 is 0 Å².